The lowest BCUT2D eigenvalue weighted by Crippen LogP contribution is -2.10. The van der Waals surface area contributed by atoms with Gasteiger partial charge in [0.1, 0.15) is 0 Å². The van der Waals surface area contributed by atoms with E-state index in [1.807, 2.05) is 0 Å². The molecule has 5 nitrogen and oxygen atoms in total. The van der Waals surface area contributed by atoms with Gasteiger partial charge in [-0.15, -0.1) is 0 Å². The predicted octanol–water partition coefficient (Wildman–Crippen LogP) is 1.87. The molecule has 0 radical (unpaired) electrons. The summed E-state index contributed by atoms with van der Waals surface area (Å²) in [5, 5.41) is 17.7. The molecule has 0 spiro atoms. The molecular weight excluding hydrogens is 428 g/mol. The van der Waals surface area contributed by atoms with Gasteiger partial charge in [0.05, 0.1) is 24.0 Å². The zero-order chi connectivity index (χ0) is 11.7. The average Bonchev–Trinajstić information content (AvgIpc) is 2.13. The lowest BCUT2D eigenvalue weighted by Gasteiger charge is -2.08. The summed E-state index contributed by atoms with van der Waals surface area (Å²) >= 11 is 3.56. The second-order valence-corrected chi connectivity index (χ2v) is 4.78. The van der Waals surface area contributed by atoms with Crippen LogP contribution in [0.3, 0.4) is 0 Å². The van der Waals surface area contributed by atoms with Crippen molar-refractivity contribution in [3.8, 4) is 0 Å². The highest BCUT2D eigenvalue weighted by atomic mass is 127. The molecule has 0 aliphatic heterocycles. The molecule has 1 aromatic carbocycles. The number of benzene rings is 1. The van der Waals surface area contributed by atoms with Gasteiger partial charge in [-0.25, -0.2) is 9.59 Å². The first-order valence-electron chi connectivity index (χ1n) is 3.60. The van der Waals surface area contributed by atoms with Crippen molar-refractivity contribution in [2.45, 2.75) is 0 Å². The van der Waals surface area contributed by atoms with Crippen LogP contribution in [-0.2, 0) is 0 Å². The number of halogens is 2. The lowest BCUT2D eigenvalue weighted by molar-refractivity contribution is 0.0695. The summed E-state index contributed by atoms with van der Waals surface area (Å²) in [6.07, 6.45) is 0. The monoisotopic (exact) mass is 433 g/mol. The minimum absolute atomic E-state index is 0.0917. The van der Waals surface area contributed by atoms with Crippen molar-refractivity contribution in [2.24, 2.45) is 0 Å². The van der Waals surface area contributed by atoms with Crippen LogP contribution in [0.15, 0.2) is 6.07 Å². The maximum Gasteiger partial charge on any atom is 0.336 e. The van der Waals surface area contributed by atoms with Crippen LogP contribution in [0.2, 0.25) is 0 Å². The normalized spacial score (nSPS) is 10.0. The van der Waals surface area contributed by atoms with E-state index in [1.54, 1.807) is 45.2 Å². The molecule has 15 heavy (non-hydrogen) atoms. The molecule has 4 N–H and O–H groups in total. The molecule has 80 valence electrons. The van der Waals surface area contributed by atoms with Crippen LogP contribution in [0.25, 0.3) is 0 Å². The largest absolute Gasteiger partial charge is 0.478 e. The van der Waals surface area contributed by atoms with Crippen molar-refractivity contribution < 1.29 is 19.8 Å². The molecule has 0 saturated carbocycles. The lowest BCUT2D eigenvalue weighted by atomic mass is 10.1. The van der Waals surface area contributed by atoms with Gasteiger partial charge in [0.25, 0.3) is 0 Å². The Labute approximate surface area is 112 Å². The Morgan fingerprint density at radius 3 is 1.67 bits per heavy atom. The number of anilines is 1. The molecular formula is C8H5I2NO4. The van der Waals surface area contributed by atoms with Gasteiger partial charge in [-0.05, 0) is 51.2 Å². The standard InChI is InChI=1S/C8H5I2NO4/c9-4-2(7(12)13)1-3(8(14)15)5(10)6(4)11/h1H,11H2,(H,12,13)(H,14,15). The highest BCUT2D eigenvalue weighted by Gasteiger charge is 2.20. The number of nitrogens with two attached hydrogens (primary N) is 1. The van der Waals surface area contributed by atoms with E-state index in [0.717, 1.165) is 6.07 Å². The topological polar surface area (TPSA) is 101 Å². The molecule has 0 fully saturated rings. The first-order valence-corrected chi connectivity index (χ1v) is 5.76. The molecule has 0 aromatic heterocycles. The van der Waals surface area contributed by atoms with Gasteiger partial charge in [0.15, 0.2) is 0 Å². The van der Waals surface area contributed by atoms with Gasteiger partial charge in [-0.2, -0.15) is 0 Å². The smallest absolute Gasteiger partial charge is 0.336 e. The number of rotatable bonds is 2. The molecule has 0 amide bonds. The van der Waals surface area contributed by atoms with Crippen LogP contribution in [0.1, 0.15) is 20.7 Å². The van der Waals surface area contributed by atoms with Gasteiger partial charge in [0.2, 0.25) is 0 Å². The van der Waals surface area contributed by atoms with Crippen molar-refractivity contribution in [1.82, 2.24) is 0 Å². The quantitative estimate of drug-likeness (QED) is 0.489. The van der Waals surface area contributed by atoms with Gasteiger partial charge >= 0.3 is 11.9 Å². The third kappa shape index (κ3) is 2.33. The van der Waals surface area contributed by atoms with Gasteiger partial charge in [-0.1, -0.05) is 0 Å². The molecule has 0 bridgehead atoms. The van der Waals surface area contributed by atoms with Gasteiger partial charge < -0.3 is 15.9 Å². The highest BCUT2D eigenvalue weighted by Crippen LogP contribution is 2.28. The summed E-state index contributed by atoms with van der Waals surface area (Å²) in [4.78, 5) is 21.6. The van der Waals surface area contributed by atoms with Crippen molar-refractivity contribution in [2.75, 3.05) is 5.73 Å². The number of carbonyl (C=O) groups is 2. The van der Waals surface area contributed by atoms with E-state index >= 15 is 0 Å². The molecule has 0 aliphatic carbocycles. The SMILES string of the molecule is Nc1c(I)c(C(=O)O)cc(C(=O)O)c1I. The van der Waals surface area contributed by atoms with Crippen LogP contribution in [0.4, 0.5) is 5.69 Å². The molecule has 1 rings (SSSR count). The number of hydrogen-bond donors (Lipinski definition) is 3. The molecule has 0 aliphatic rings. The summed E-state index contributed by atoms with van der Waals surface area (Å²) in [7, 11) is 0. The van der Waals surface area contributed by atoms with Gasteiger partial charge in [0, 0.05) is 0 Å². The minimum atomic E-state index is -1.19. The van der Waals surface area contributed by atoms with E-state index in [4.69, 9.17) is 15.9 Å². The summed E-state index contributed by atoms with van der Waals surface area (Å²) in [6.45, 7) is 0. The molecule has 1 aromatic rings. The Morgan fingerprint density at radius 2 is 1.40 bits per heavy atom. The Bertz CT molecular complexity index is 420. The summed E-state index contributed by atoms with van der Waals surface area (Å²) in [5.74, 6) is -2.38. The van der Waals surface area contributed by atoms with Crippen LogP contribution in [-0.4, -0.2) is 22.2 Å². The van der Waals surface area contributed by atoms with Gasteiger partial charge in [-0.3, -0.25) is 0 Å². The highest BCUT2D eigenvalue weighted by molar-refractivity contribution is 14.1. The summed E-state index contributed by atoms with van der Waals surface area (Å²) in [5.41, 5.74) is 5.62. The number of nitrogen functional groups attached to an aromatic ring is 1. The second-order valence-electron chi connectivity index (χ2n) is 2.62. The molecule has 0 heterocycles. The first kappa shape index (κ1) is 12.5. The zero-order valence-corrected chi connectivity index (χ0v) is 11.4. The van der Waals surface area contributed by atoms with Crippen molar-refractivity contribution in [1.29, 1.82) is 0 Å². The van der Waals surface area contributed by atoms with Crippen LogP contribution in [0.5, 0.6) is 0 Å². The molecule has 0 saturated heterocycles. The Kier molecular flexibility index (Phi) is 3.76. The maximum absolute atomic E-state index is 10.8. The third-order valence-electron chi connectivity index (χ3n) is 1.70. The number of carboxylic acid groups (broad SMARTS) is 2. The van der Waals surface area contributed by atoms with E-state index in [-0.39, 0.29) is 16.8 Å². The van der Waals surface area contributed by atoms with E-state index < -0.39 is 11.9 Å². The fourth-order valence-electron chi connectivity index (χ4n) is 0.969. The number of hydrogen-bond acceptors (Lipinski definition) is 3. The predicted molar refractivity (Wildman–Crippen MR) is 70.2 cm³/mol. The van der Waals surface area contributed by atoms with E-state index in [2.05, 4.69) is 0 Å². The third-order valence-corrected chi connectivity index (χ3v) is 4.02. The molecule has 7 heteroatoms. The fraction of sp³-hybridized carbons (Fsp3) is 0. The average molecular weight is 433 g/mol. The number of carboxylic acids is 2. The molecule has 0 atom stereocenters. The van der Waals surface area contributed by atoms with E-state index in [1.165, 1.54) is 0 Å². The summed E-state index contributed by atoms with van der Waals surface area (Å²) < 4.78 is 0.712. The first-order chi connectivity index (χ1) is 6.86. The van der Waals surface area contributed by atoms with Crippen molar-refractivity contribution >= 4 is 62.8 Å². The van der Waals surface area contributed by atoms with Crippen LogP contribution >= 0.6 is 45.2 Å². The van der Waals surface area contributed by atoms with Crippen LogP contribution < -0.4 is 5.73 Å². The second kappa shape index (κ2) is 4.51. The Hall–Kier alpha value is -0.580. The Balaban J connectivity index is 3.59. The molecule has 0 unspecified atom stereocenters. The minimum Gasteiger partial charge on any atom is -0.478 e. The fourth-order valence-corrected chi connectivity index (χ4v) is 2.80. The van der Waals surface area contributed by atoms with Crippen LogP contribution in [0, 0.1) is 7.14 Å². The summed E-state index contributed by atoms with van der Waals surface area (Å²) in [6, 6.07) is 1.12. The number of aromatic carboxylic acids is 2. The maximum atomic E-state index is 10.8. The van der Waals surface area contributed by atoms with E-state index in [9.17, 15) is 9.59 Å². The Morgan fingerprint density at radius 1 is 1.07 bits per heavy atom. The van der Waals surface area contributed by atoms with Crippen molar-refractivity contribution in [3.05, 3.63) is 24.3 Å². The van der Waals surface area contributed by atoms with E-state index in [0.29, 0.717) is 7.14 Å². The van der Waals surface area contributed by atoms with Crippen molar-refractivity contribution in [3.63, 3.8) is 0 Å². The zero-order valence-electron chi connectivity index (χ0n) is 7.12.